The summed E-state index contributed by atoms with van der Waals surface area (Å²) in [5, 5.41) is 8.03. The van der Waals surface area contributed by atoms with E-state index in [0.29, 0.717) is 5.84 Å². The third-order valence-electron chi connectivity index (χ3n) is 3.74. The van der Waals surface area contributed by atoms with Crippen LogP contribution in [0, 0.1) is 23.1 Å². The lowest BCUT2D eigenvalue weighted by atomic mass is 10.1. The highest BCUT2D eigenvalue weighted by atomic mass is 19.1. The van der Waals surface area contributed by atoms with E-state index in [-0.39, 0.29) is 5.82 Å². The van der Waals surface area contributed by atoms with Crippen LogP contribution in [-0.2, 0) is 6.54 Å². The largest absolute Gasteiger partial charge is 0.352 e. The Morgan fingerprint density at radius 3 is 2.94 bits per heavy atom. The first-order valence-corrected chi connectivity index (χ1v) is 5.77. The van der Waals surface area contributed by atoms with Gasteiger partial charge in [0.15, 0.2) is 0 Å². The first kappa shape index (κ1) is 9.82. The fourth-order valence-corrected chi connectivity index (χ4v) is 2.45. The number of hydrogen-bond acceptors (Lipinski definition) is 1. The Bertz CT molecular complexity index is 455. The Balaban J connectivity index is 1.80. The molecule has 2 aliphatic rings. The van der Waals surface area contributed by atoms with Crippen LogP contribution < -0.4 is 0 Å². The number of hydrogen-bond donors (Lipinski definition) is 1. The fraction of sp³-hybridized carbons (Fsp3) is 0.462. The summed E-state index contributed by atoms with van der Waals surface area (Å²) in [6.45, 7) is 3.98. The molecule has 0 saturated heterocycles. The molecule has 2 atom stereocenters. The van der Waals surface area contributed by atoms with Gasteiger partial charge in [-0.25, -0.2) is 4.39 Å². The van der Waals surface area contributed by atoms with Gasteiger partial charge < -0.3 is 4.90 Å². The van der Waals surface area contributed by atoms with Gasteiger partial charge in [0.1, 0.15) is 11.7 Å². The lowest BCUT2D eigenvalue weighted by Gasteiger charge is -2.17. The predicted molar refractivity (Wildman–Crippen MR) is 60.9 cm³/mol. The molecule has 1 aliphatic heterocycles. The summed E-state index contributed by atoms with van der Waals surface area (Å²) in [7, 11) is 0. The van der Waals surface area contributed by atoms with Crippen LogP contribution in [0.5, 0.6) is 0 Å². The van der Waals surface area contributed by atoms with Crippen LogP contribution in [0.3, 0.4) is 0 Å². The Morgan fingerprint density at radius 1 is 1.50 bits per heavy atom. The van der Waals surface area contributed by atoms with E-state index < -0.39 is 0 Å². The Kier molecular flexibility index (Phi) is 2.03. The summed E-state index contributed by atoms with van der Waals surface area (Å²) >= 11 is 0. The maximum absolute atomic E-state index is 13.1. The van der Waals surface area contributed by atoms with Crippen molar-refractivity contribution in [2.75, 3.05) is 6.54 Å². The molecular weight excluding hydrogens is 203 g/mol. The van der Waals surface area contributed by atoms with Gasteiger partial charge in [0.2, 0.25) is 0 Å². The molecule has 16 heavy (non-hydrogen) atoms. The lowest BCUT2D eigenvalue weighted by Crippen LogP contribution is -2.26. The van der Waals surface area contributed by atoms with Crippen molar-refractivity contribution in [1.29, 1.82) is 5.41 Å². The van der Waals surface area contributed by atoms with E-state index in [9.17, 15) is 4.39 Å². The lowest BCUT2D eigenvalue weighted by molar-refractivity contribution is 0.399. The summed E-state index contributed by atoms with van der Waals surface area (Å²) in [4.78, 5) is 2.07. The predicted octanol–water partition coefficient (Wildman–Crippen LogP) is 2.62. The second-order valence-electron chi connectivity index (χ2n) is 5.00. The van der Waals surface area contributed by atoms with Crippen molar-refractivity contribution in [1.82, 2.24) is 4.90 Å². The van der Waals surface area contributed by atoms with Crippen molar-refractivity contribution >= 4 is 5.84 Å². The smallest absolute Gasteiger partial charge is 0.128 e. The van der Waals surface area contributed by atoms with Crippen LogP contribution in [0.25, 0.3) is 0 Å². The highest BCUT2D eigenvalue weighted by Crippen LogP contribution is 2.39. The standard InChI is InChI=1S/C13H15FN2/c1-8-4-10(8)7-16-6-9-2-3-11(14)5-12(9)13(16)15/h2-3,5,8,10,15H,4,6-7H2,1H3. The molecule has 2 nitrogen and oxygen atoms in total. The van der Waals surface area contributed by atoms with Crippen LogP contribution in [0.4, 0.5) is 4.39 Å². The topological polar surface area (TPSA) is 27.1 Å². The quantitative estimate of drug-likeness (QED) is 0.811. The monoisotopic (exact) mass is 218 g/mol. The van der Waals surface area contributed by atoms with Gasteiger partial charge in [-0.1, -0.05) is 13.0 Å². The number of fused-ring (bicyclic) bond motifs is 1. The van der Waals surface area contributed by atoms with Gasteiger partial charge in [0, 0.05) is 18.7 Å². The minimum absolute atomic E-state index is 0.245. The molecule has 1 N–H and O–H groups in total. The molecule has 0 aromatic heterocycles. The average molecular weight is 218 g/mol. The number of benzene rings is 1. The molecule has 1 aliphatic carbocycles. The summed E-state index contributed by atoms with van der Waals surface area (Å²) in [5.41, 5.74) is 1.85. The fourth-order valence-electron chi connectivity index (χ4n) is 2.45. The summed E-state index contributed by atoms with van der Waals surface area (Å²) < 4.78 is 13.1. The van der Waals surface area contributed by atoms with Gasteiger partial charge in [-0.05, 0) is 36.0 Å². The Labute approximate surface area is 94.6 Å². The maximum atomic E-state index is 13.1. The first-order chi connectivity index (χ1) is 7.65. The molecule has 3 rings (SSSR count). The molecule has 0 radical (unpaired) electrons. The highest BCUT2D eigenvalue weighted by Gasteiger charge is 2.36. The number of amidine groups is 1. The first-order valence-electron chi connectivity index (χ1n) is 5.77. The summed E-state index contributed by atoms with van der Waals surface area (Å²) in [6, 6.07) is 4.76. The minimum Gasteiger partial charge on any atom is -0.352 e. The summed E-state index contributed by atoms with van der Waals surface area (Å²) in [5.74, 6) is 1.78. The van der Waals surface area contributed by atoms with E-state index >= 15 is 0 Å². The molecule has 0 amide bonds. The Hall–Kier alpha value is -1.38. The zero-order valence-corrected chi connectivity index (χ0v) is 9.33. The van der Waals surface area contributed by atoms with Crippen molar-refractivity contribution in [3.63, 3.8) is 0 Å². The van der Waals surface area contributed by atoms with Crippen molar-refractivity contribution in [3.8, 4) is 0 Å². The van der Waals surface area contributed by atoms with Gasteiger partial charge in [0.25, 0.3) is 0 Å². The van der Waals surface area contributed by atoms with Gasteiger partial charge in [-0.2, -0.15) is 0 Å². The molecule has 1 fully saturated rings. The van der Waals surface area contributed by atoms with Gasteiger partial charge in [-0.15, -0.1) is 0 Å². The molecule has 2 unspecified atom stereocenters. The molecule has 1 heterocycles. The third kappa shape index (κ3) is 1.51. The second kappa shape index (κ2) is 3.30. The molecular formula is C13H15FN2. The second-order valence-corrected chi connectivity index (χ2v) is 5.00. The van der Waals surface area contributed by atoms with E-state index in [1.165, 1.54) is 18.6 Å². The highest BCUT2D eigenvalue weighted by molar-refractivity contribution is 6.00. The molecule has 0 spiro atoms. The summed E-state index contributed by atoms with van der Waals surface area (Å²) in [6.07, 6.45) is 1.27. The number of halogens is 1. The van der Waals surface area contributed by atoms with Crippen molar-refractivity contribution in [3.05, 3.63) is 35.1 Å². The van der Waals surface area contributed by atoms with Crippen molar-refractivity contribution < 1.29 is 4.39 Å². The molecule has 3 heteroatoms. The number of nitrogens with zero attached hydrogens (tertiary/aromatic N) is 1. The van der Waals surface area contributed by atoms with E-state index in [0.717, 1.165) is 36.1 Å². The van der Waals surface area contributed by atoms with Gasteiger partial charge in [-0.3, -0.25) is 5.41 Å². The van der Waals surface area contributed by atoms with E-state index in [4.69, 9.17) is 5.41 Å². The molecule has 1 aromatic carbocycles. The van der Waals surface area contributed by atoms with E-state index in [2.05, 4.69) is 11.8 Å². The van der Waals surface area contributed by atoms with Gasteiger partial charge >= 0.3 is 0 Å². The van der Waals surface area contributed by atoms with Crippen LogP contribution >= 0.6 is 0 Å². The van der Waals surface area contributed by atoms with E-state index in [1.807, 2.05) is 0 Å². The maximum Gasteiger partial charge on any atom is 0.128 e. The Morgan fingerprint density at radius 2 is 2.25 bits per heavy atom. The average Bonchev–Trinajstić information content (AvgIpc) is 2.85. The normalized spacial score (nSPS) is 27.1. The van der Waals surface area contributed by atoms with Crippen LogP contribution in [0.15, 0.2) is 18.2 Å². The molecule has 1 aromatic rings. The van der Waals surface area contributed by atoms with Gasteiger partial charge in [0.05, 0.1) is 0 Å². The minimum atomic E-state index is -0.245. The van der Waals surface area contributed by atoms with E-state index in [1.54, 1.807) is 6.07 Å². The van der Waals surface area contributed by atoms with Crippen LogP contribution in [0.1, 0.15) is 24.5 Å². The molecule has 84 valence electrons. The van der Waals surface area contributed by atoms with Crippen LogP contribution in [-0.4, -0.2) is 17.3 Å². The van der Waals surface area contributed by atoms with Crippen LogP contribution in [0.2, 0.25) is 0 Å². The number of rotatable bonds is 2. The van der Waals surface area contributed by atoms with Crippen molar-refractivity contribution in [2.45, 2.75) is 19.9 Å². The molecule has 0 bridgehead atoms. The zero-order valence-electron chi connectivity index (χ0n) is 9.33. The third-order valence-corrected chi connectivity index (χ3v) is 3.74. The van der Waals surface area contributed by atoms with Crippen molar-refractivity contribution in [2.24, 2.45) is 11.8 Å². The number of nitrogens with one attached hydrogen (secondary N) is 1. The molecule has 1 saturated carbocycles. The SMILES string of the molecule is CC1CC1CN1Cc2ccc(F)cc2C1=N. The zero-order chi connectivity index (χ0) is 11.3.